The molecule has 0 bridgehead atoms. The van der Waals surface area contributed by atoms with Crippen LogP contribution in [0.2, 0.25) is 0 Å². The molecule has 0 atom stereocenters. The Kier molecular flexibility index (Phi) is 4.98. The normalized spacial score (nSPS) is 11.8. The van der Waals surface area contributed by atoms with Crippen molar-refractivity contribution in [3.63, 3.8) is 0 Å². The van der Waals surface area contributed by atoms with Gasteiger partial charge >= 0.3 is 0 Å². The van der Waals surface area contributed by atoms with Crippen LogP contribution in [0.15, 0.2) is 22.7 Å². The molecule has 2 N–H and O–H groups in total. The molecule has 6 heteroatoms. The van der Waals surface area contributed by atoms with E-state index in [1.165, 1.54) is 0 Å². The molecule has 2 aromatic rings. The molecule has 0 aliphatic carbocycles. The second kappa shape index (κ2) is 6.56. The summed E-state index contributed by atoms with van der Waals surface area (Å²) >= 11 is 3.41. The van der Waals surface area contributed by atoms with E-state index in [9.17, 15) is 0 Å². The van der Waals surface area contributed by atoms with Crippen molar-refractivity contribution in [3.8, 4) is 11.4 Å². The van der Waals surface area contributed by atoms with Crippen LogP contribution in [0.4, 0.5) is 5.69 Å². The number of tetrazole rings is 1. The first-order chi connectivity index (χ1) is 9.90. The molecule has 0 aliphatic heterocycles. The summed E-state index contributed by atoms with van der Waals surface area (Å²) < 4.78 is 2.76. The number of nitrogens with zero attached hydrogens (tertiary/aromatic N) is 4. The van der Waals surface area contributed by atoms with Gasteiger partial charge in [0.1, 0.15) is 0 Å². The zero-order chi connectivity index (χ0) is 15.6. The molecule has 5 nitrogen and oxygen atoms in total. The van der Waals surface area contributed by atoms with Crippen molar-refractivity contribution in [3.05, 3.63) is 22.7 Å². The average Bonchev–Trinajstić information content (AvgIpc) is 2.86. The maximum atomic E-state index is 5.95. The zero-order valence-electron chi connectivity index (χ0n) is 12.9. The van der Waals surface area contributed by atoms with E-state index in [0.29, 0.717) is 23.4 Å². The summed E-state index contributed by atoms with van der Waals surface area (Å²) in [5.41, 5.74) is 7.57. The first kappa shape index (κ1) is 15.9. The molecule has 0 amide bonds. The lowest BCUT2D eigenvalue weighted by Crippen LogP contribution is -2.23. The molecule has 0 saturated carbocycles. The predicted octanol–water partition coefficient (Wildman–Crippen LogP) is 3.61. The molecule has 0 radical (unpaired) electrons. The smallest absolute Gasteiger partial charge is 0.182 e. The van der Waals surface area contributed by atoms with E-state index in [1.807, 2.05) is 22.9 Å². The van der Waals surface area contributed by atoms with Crippen molar-refractivity contribution in [2.75, 3.05) is 5.73 Å². The number of benzene rings is 1. The molecule has 0 aliphatic rings. The van der Waals surface area contributed by atoms with Crippen LogP contribution >= 0.6 is 15.9 Å². The fourth-order valence-corrected chi connectivity index (χ4v) is 2.85. The first-order valence-electron chi connectivity index (χ1n) is 7.21. The summed E-state index contributed by atoms with van der Waals surface area (Å²) in [5.74, 6) is 2.45. The second-order valence-corrected chi connectivity index (χ2v) is 6.93. The molecule has 21 heavy (non-hydrogen) atoms. The zero-order valence-corrected chi connectivity index (χ0v) is 14.5. The SMILES string of the molecule is CC(C)C(Cn1nnnc1-c1ccc(Br)c(N)c1)C(C)C. The van der Waals surface area contributed by atoms with E-state index in [-0.39, 0.29) is 0 Å². The summed E-state index contributed by atoms with van der Waals surface area (Å²) in [6.45, 7) is 9.78. The molecular formula is C15H22BrN5. The van der Waals surface area contributed by atoms with Gasteiger partial charge in [-0.2, -0.15) is 0 Å². The quantitative estimate of drug-likeness (QED) is 0.835. The molecule has 1 aromatic carbocycles. The Morgan fingerprint density at radius 3 is 2.43 bits per heavy atom. The van der Waals surface area contributed by atoms with Crippen LogP contribution in [-0.2, 0) is 6.54 Å². The number of aromatic nitrogens is 4. The van der Waals surface area contributed by atoms with Crippen molar-refractivity contribution < 1.29 is 0 Å². The van der Waals surface area contributed by atoms with Crippen LogP contribution in [0.1, 0.15) is 27.7 Å². The van der Waals surface area contributed by atoms with E-state index < -0.39 is 0 Å². The highest BCUT2D eigenvalue weighted by Crippen LogP contribution is 2.27. The minimum absolute atomic E-state index is 0.528. The maximum absolute atomic E-state index is 5.95. The predicted molar refractivity (Wildman–Crippen MR) is 88.5 cm³/mol. The van der Waals surface area contributed by atoms with Crippen LogP contribution in [0.3, 0.4) is 0 Å². The number of nitrogens with two attached hydrogens (primary N) is 1. The van der Waals surface area contributed by atoms with Gasteiger partial charge in [0.15, 0.2) is 5.82 Å². The highest BCUT2D eigenvalue weighted by atomic mass is 79.9. The number of anilines is 1. The number of nitrogen functional groups attached to an aromatic ring is 1. The van der Waals surface area contributed by atoms with Gasteiger partial charge in [-0.05, 0) is 62.3 Å². The van der Waals surface area contributed by atoms with Gasteiger partial charge in [0.2, 0.25) is 0 Å². The van der Waals surface area contributed by atoms with Crippen molar-refractivity contribution >= 4 is 21.6 Å². The lowest BCUT2D eigenvalue weighted by molar-refractivity contribution is 0.242. The highest BCUT2D eigenvalue weighted by Gasteiger charge is 2.21. The number of hydrogen-bond donors (Lipinski definition) is 1. The molecule has 2 rings (SSSR count). The van der Waals surface area contributed by atoms with Gasteiger partial charge in [0.25, 0.3) is 0 Å². The fourth-order valence-electron chi connectivity index (χ4n) is 2.61. The second-order valence-electron chi connectivity index (χ2n) is 6.07. The fraction of sp³-hybridized carbons (Fsp3) is 0.533. The summed E-state index contributed by atoms with van der Waals surface area (Å²) in [4.78, 5) is 0. The Morgan fingerprint density at radius 2 is 1.86 bits per heavy atom. The van der Waals surface area contributed by atoms with Crippen LogP contribution in [0.5, 0.6) is 0 Å². The molecule has 1 aromatic heterocycles. The van der Waals surface area contributed by atoms with Gasteiger partial charge in [-0.1, -0.05) is 27.7 Å². The Labute approximate surface area is 134 Å². The highest BCUT2D eigenvalue weighted by molar-refractivity contribution is 9.10. The van der Waals surface area contributed by atoms with Gasteiger partial charge in [0.05, 0.1) is 0 Å². The molecule has 0 spiro atoms. The topological polar surface area (TPSA) is 69.6 Å². The van der Waals surface area contributed by atoms with Crippen LogP contribution < -0.4 is 5.73 Å². The third-order valence-electron chi connectivity index (χ3n) is 3.88. The Hall–Kier alpha value is -1.43. The minimum atomic E-state index is 0.528. The molecule has 0 fully saturated rings. The molecular weight excluding hydrogens is 330 g/mol. The van der Waals surface area contributed by atoms with Crippen LogP contribution in [0.25, 0.3) is 11.4 Å². The minimum Gasteiger partial charge on any atom is -0.398 e. The van der Waals surface area contributed by atoms with Crippen molar-refractivity contribution in [2.45, 2.75) is 34.2 Å². The largest absolute Gasteiger partial charge is 0.398 e. The summed E-state index contributed by atoms with van der Waals surface area (Å²) in [7, 11) is 0. The monoisotopic (exact) mass is 351 g/mol. The van der Waals surface area contributed by atoms with Crippen molar-refractivity contribution in [1.82, 2.24) is 20.2 Å². The van der Waals surface area contributed by atoms with E-state index in [2.05, 4.69) is 59.2 Å². The number of halogens is 1. The molecule has 114 valence electrons. The van der Waals surface area contributed by atoms with Gasteiger partial charge < -0.3 is 5.73 Å². The lowest BCUT2D eigenvalue weighted by atomic mass is 9.85. The van der Waals surface area contributed by atoms with E-state index >= 15 is 0 Å². The molecule has 0 unspecified atom stereocenters. The third kappa shape index (κ3) is 3.61. The van der Waals surface area contributed by atoms with Gasteiger partial charge in [-0.15, -0.1) is 5.10 Å². The first-order valence-corrected chi connectivity index (χ1v) is 8.01. The lowest BCUT2D eigenvalue weighted by Gasteiger charge is -2.24. The Balaban J connectivity index is 2.31. The van der Waals surface area contributed by atoms with Crippen molar-refractivity contribution in [2.24, 2.45) is 17.8 Å². The van der Waals surface area contributed by atoms with Crippen LogP contribution in [-0.4, -0.2) is 20.2 Å². The van der Waals surface area contributed by atoms with Gasteiger partial charge in [-0.25, -0.2) is 4.68 Å². The number of hydrogen-bond acceptors (Lipinski definition) is 4. The van der Waals surface area contributed by atoms with Crippen LogP contribution in [0, 0.1) is 17.8 Å². The maximum Gasteiger partial charge on any atom is 0.182 e. The Morgan fingerprint density at radius 1 is 1.19 bits per heavy atom. The molecule has 0 saturated heterocycles. The van der Waals surface area contributed by atoms with Crippen molar-refractivity contribution in [1.29, 1.82) is 0 Å². The number of rotatable bonds is 5. The van der Waals surface area contributed by atoms with Gasteiger partial charge in [-0.3, -0.25) is 0 Å². The summed E-state index contributed by atoms with van der Waals surface area (Å²) in [5, 5.41) is 12.1. The average molecular weight is 352 g/mol. The summed E-state index contributed by atoms with van der Waals surface area (Å²) in [6.07, 6.45) is 0. The Bertz CT molecular complexity index is 598. The third-order valence-corrected chi connectivity index (χ3v) is 4.60. The van der Waals surface area contributed by atoms with E-state index in [0.717, 1.165) is 22.4 Å². The van der Waals surface area contributed by atoms with E-state index in [1.54, 1.807) is 0 Å². The molecule has 1 heterocycles. The standard InChI is InChI=1S/C15H22BrN5/c1-9(2)12(10(3)4)8-21-15(18-19-20-21)11-5-6-13(16)14(17)7-11/h5-7,9-10,12H,8,17H2,1-4H3. The van der Waals surface area contributed by atoms with Gasteiger partial charge in [0, 0.05) is 22.3 Å². The summed E-state index contributed by atoms with van der Waals surface area (Å²) in [6, 6.07) is 5.79. The van der Waals surface area contributed by atoms with E-state index in [4.69, 9.17) is 5.73 Å².